The summed E-state index contributed by atoms with van der Waals surface area (Å²) >= 11 is 0. The van der Waals surface area contributed by atoms with Gasteiger partial charge in [0.1, 0.15) is 11.9 Å². The molecule has 0 saturated carbocycles. The Balaban J connectivity index is 1.93. The molecular formula is C16H16FN5O2. The Morgan fingerprint density at radius 1 is 1.58 bits per heavy atom. The molecule has 2 aliphatic rings. The van der Waals surface area contributed by atoms with Gasteiger partial charge in [-0.25, -0.2) is 9.18 Å². The van der Waals surface area contributed by atoms with E-state index in [1.165, 1.54) is 17.0 Å². The largest absolute Gasteiger partial charge is 0.443 e. The van der Waals surface area contributed by atoms with E-state index in [9.17, 15) is 9.18 Å². The first-order valence-electron chi connectivity index (χ1n) is 7.32. The van der Waals surface area contributed by atoms with Crippen LogP contribution in [0.25, 0.3) is 5.57 Å². The highest BCUT2D eigenvalue weighted by Crippen LogP contribution is 2.27. The molecule has 1 aromatic rings. The minimum absolute atomic E-state index is 0.214. The number of nitrogens with one attached hydrogen (secondary N) is 2. The number of hydrazone groups is 1. The van der Waals surface area contributed by atoms with Crippen LogP contribution in [-0.2, 0) is 4.74 Å². The van der Waals surface area contributed by atoms with Gasteiger partial charge >= 0.3 is 6.09 Å². The Morgan fingerprint density at radius 2 is 2.42 bits per heavy atom. The summed E-state index contributed by atoms with van der Waals surface area (Å²) in [4.78, 5) is 13.2. The van der Waals surface area contributed by atoms with E-state index in [4.69, 9.17) is 15.9 Å². The average molecular weight is 329 g/mol. The van der Waals surface area contributed by atoms with Gasteiger partial charge in [0.15, 0.2) is 0 Å². The summed E-state index contributed by atoms with van der Waals surface area (Å²) in [5.41, 5.74) is 9.73. The van der Waals surface area contributed by atoms with Crippen molar-refractivity contribution in [1.29, 1.82) is 5.41 Å². The molecule has 124 valence electrons. The third kappa shape index (κ3) is 2.91. The second-order valence-corrected chi connectivity index (χ2v) is 5.24. The van der Waals surface area contributed by atoms with Gasteiger partial charge in [-0.3, -0.25) is 10.3 Å². The van der Waals surface area contributed by atoms with Crippen molar-refractivity contribution in [2.75, 3.05) is 18.0 Å². The van der Waals surface area contributed by atoms with E-state index >= 15 is 0 Å². The summed E-state index contributed by atoms with van der Waals surface area (Å²) in [6.45, 7) is 0.497. The average Bonchev–Trinajstić information content (AvgIpc) is 2.99. The maximum Gasteiger partial charge on any atom is 0.414 e. The zero-order valence-electron chi connectivity index (χ0n) is 12.7. The van der Waals surface area contributed by atoms with Crippen LogP contribution in [0, 0.1) is 11.2 Å². The van der Waals surface area contributed by atoms with E-state index in [0.29, 0.717) is 17.0 Å². The van der Waals surface area contributed by atoms with Crippen molar-refractivity contribution in [3.05, 3.63) is 47.4 Å². The summed E-state index contributed by atoms with van der Waals surface area (Å²) in [7, 11) is 0. The molecule has 4 N–H and O–H groups in total. The Bertz CT molecular complexity index is 772. The minimum Gasteiger partial charge on any atom is -0.443 e. The molecule has 1 amide bonds. The lowest BCUT2D eigenvalue weighted by atomic mass is 10.0. The normalized spacial score (nSPS) is 21.5. The molecule has 0 aliphatic carbocycles. The van der Waals surface area contributed by atoms with E-state index in [0.717, 1.165) is 6.21 Å². The number of nitrogens with zero attached hydrogens (tertiary/aromatic N) is 2. The Labute approximate surface area is 137 Å². The van der Waals surface area contributed by atoms with E-state index in [1.807, 2.05) is 0 Å². The molecule has 2 aliphatic heterocycles. The molecule has 7 nitrogen and oxygen atoms in total. The van der Waals surface area contributed by atoms with Gasteiger partial charge < -0.3 is 15.9 Å². The third-order valence-corrected chi connectivity index (χ3v) is 3.73. The number of benzene rings is 1. The van der Waals surface area contributed by atoms with E-state index in [1.54, 1.807) is 24.4 Å². The molecule has 24 heavy (non-hydrogen) atoms. The highest BCUT2D eigenvalue weighted by molar-refractivity contribution is 6.10. The molecule has 0 radical (unpaired) electrons. The SMILES string of the molecule is N=C/C(=C1/C=CC=NN1)c1ccc(N2CC(CN)OC2=O)cc1F. The third-order valence-electron chi connectivity index (χ3n) is 3.73. The summed E-state index contributed by atoms with van der Waals surface area (Å²) in [6, 6.07) is 4.38. The minimum atomic E-state index is -0.549. The van der Waals surface area contributed by atoms with Gasteiger partial charge in [-0.2, -0.15) is 5.10 Å². The fourth-order valence-electron chi connectivity index (χ4n) is 2.52. The summed E-state index contributed by atoms with van der Waals surface area (Å²) in [5.74, 6) is -0.549. The number of carbonyl (C=O) groups excluding carboxylic acids is 1. The standard InChI is InChI=1S/C16H16FN5O2/c17-14-6-10(22-9-11(7-18)24-16(22)23)3-4-12(14)13(8-19)15-2-1-5-20-21-15/h1-6,8,11,19,21H,7,9,18H2/b15-13+,19-8?. The number of hydrogen-bond donors (Lipinski definition) is 3. The van der Waals surface area contributed by atoms with Crippen LogP contribution < -0.4 is 16.1 Å². The molecule has 2 heterocycles. The summed E-state index contributed by atoms with van der Waals surface area (Å²) in [5, 5.41) is 11.4. The number of amides is 1. The first-order chi connectivity index (χ1) is 11.6. The van der Waals surface area contributed by atoms with E-state index < -0.39 is 18.0 Å². The van der Waals surface area contributed by atoms with Crippen molar-refractivity contribution in [1.82, 2.24) is 5.43 Å². The van der Waals surface area contributed by atoms with Gasteiger partial charge in [0.05, 0.1) is 17.9 Å². The Hall–Kier alpha value is -3.00. The van der Waals surface area contributed by atoms with Crippen LogP contribution in [0.3, 0.4) is 0 Å². The monoisotopic (exact) mass is 329 g/mol. The molecule has 1 aromatic carbocycles. The molecule has 8 heteroatoms. The van der Waals surface area contributed by atoms with Crippen molar-refractivity contribution in [2.45, 2.75) is 6.10 Å². The zero-order valence-corrected chi connectivity index (χ0v) is 12.7. The Morgan fingerprint density at radius 3 is 3.00 bits per heavy atom. The molecule has 3 rings (SSSR count). The molecule has 1 atom stereocenters. The fraction of sp³-hybridized carbons (Fsp3) is 0.188. The number of nitrogens with two attached hydrogens (primary N) is 1. The molecule has 0 bridgehead atoms. The summed E-state index contributed by atoms with van der Waals surface area (Å²) in [6.07, 6.45) is 5.06. The van der Waals surface area contributed by atoms with Gasteiger partial charge in [0, 0.05) is 30.1 Å². The second-order valence-electron chi connectivity index (χ2n) is 5.24. The predicted molar refractivity (Wildman–Crippen MR) is 89.5 cm³/mol. The number of ether oxygens (including phenoxy) is 1. The van der Waals surface area contributed by atoms with Crippen molar-refractivity contribution >= 4 is 29.8 Å². The summed E-state index contributed by atoms with van der Waals surface area (Å²) < 4.78 is 19.6. The molecule has 1 saturated heterocycles. The van der Waals surface area contributed by atoms with Crippen molar-refractivity contribution < 1.29 is 13.9 Å². The van der Waals surface area contributed by atoms with Gasteiger partial charge in [-0.05, 0) is 30.4 Å². The van der Waals surface area contributed by atoms with Crippen LogP contribution in [0.4, 0.5) is 14.9 Å². The van der Waals surface area contributed by atoms with Crippen LogP contribution in [-0.4, -0.2) is 37.7 Å². The number of halogens is 1. The maximum absolute atomic E-state index is 14.6. The molecule has 0 spiro atoms. The van der Waals surface area contributed by atoms with E-state index in [-0.39, 0.29) is 18.7 Å². The predicted octanol–water partition coefficient (Wildman–Crippen LogP) is 1.62. The van der Waals surface area contributed by atoms with Crippen LogP contribution in [0.1, 0.15) is 5.56 Å². The molecule has 1 unspecified atom stereocenters. The van der Waals surface area contributed by atoms with E-state index in [2.05, 4.69) is 10.5 Å². The van der Waals surface area contributed by atoms with Gasteiger partial charge in [-0.15, -0.1) is 0 Å². The molecule has 1 fully saturated rings. The highest BCUT2D eigenvalue weighted by atomic mass is 19.1. The Kier molecular flexibility index (Phi) is 4.39. The fourth-order valence-corrected chi connectivity index (χ4v) is 2.52. The lowest BCUT2D eigenvalue weighted by Gasteiger charge is -2.15. The lowest BCUT2D eigenvalue weighted by Crippen LogP contribution is -2.27. The molecular weight excluding hydrogens is 313 g/mol. The first-order valence-corrected chi connectivity index (χ1v) is 7.32. The van der Waals surface area contributed by atoms with Crippen LogP contribution in [0.15, 0.2) is 41.1 Å². The zero-order chi connectivity index (χ0) is 17.1. The number of rotatable bonds is 4. The second kappa shape index (κ2) is 6.63. The van der Waals surface area contributed by atoms with Crippen molar-refractivity contribution in [3.63, 3.8) is 0 Å². The quantitative estimate of drug-likeness (QED) is 0.730. The number of anilines is 1. The highest BCUT2D eigenvalue weighted by Gasteiger charge is 2.31. The van der Waals surface area contributed by atoms with Crippen LogP contribution in [0.2, 0.25) is 0 Å². The van der Waals surface area contributed by atoms with Gasteiger partial charge in [0.2, 0.25) is 0 Å². The smallest absolute Gasteiger partial charge is 0.414 e. The number of allylic oxidation sites excluding steroid dienone is 3. The molecule has 0 aromatic heterocycles. The van der Waals surface area contributed by atoms with Crippen molar-refractivity contribution in [3.8, 4) is 0 Å². The number of carbonyl (C=O) groups is 1. The van der Waals surface area contributed by atoms with Crippen LogP contribution >= 0.6 is 0 Å². The number of hydrogen-bond acceptors (Lipinski definition) is 6. The topological polar surface area (TPSA) is 104 Å². The maximum atomic E-state index is 14.6. The van der Waals surface area contributed by atoms with Crippen molar-refractivity contribution in [2.24, 2.45) is 10.8 Å². The van der Waals surface area contributed by atoms with Gasteiger partial charge in [-0.1, -0.05) is 0 Å². The van der Waals surface area contributed by atoms with Gasteiger partial charge in [0.25, 0.3) is 0 Å². The number of cyclic esters (lactones) is 1. The van der Waals surface area contributed by atoms with Crippen LogP contribution in [0.5, 0.6) is 0 Å². The lowest BCUT2D eigenvalue weighted by molar-refractivity contribution is 0.145. The first kappa shape index (κ1) is 15.9.